The van der Waals surface area contributed by atoms with E-state index in [0.717, 1.165) is 4.47 Å². The lowest BCUT2D eigenvalue weighted by molar-refractivity contribution is -0.122. The van der Waals surface area contributed by atoms with Crippen molar-refractivity contribution in [2.24, 2.45) is 0 Å². The molecule has 0 bridgehead atoms. The van der Waals surface area contributed by atoms with E-state index in [2.05, 4.69) is 21.2 Å². The first kappa shape index (κ1) is 14.4. The van der Waals surface area contributed by atoms with Crippen molar-refractivity contribution < 1.29 is 14.6 Å². The monoisotopic (exact) mass is 335 g/mol. The Labute approximate surface area is 125 Å². The summed E-state index contributed by atoms with van der Waals surface area (Å²) in [7, 11) is 0. The Hall–Kier alpha value is -2.01. The number of benzene rings is 2. The van der Waals surface area contributed by atoms with Crippen LogP contribution in [0.2, 0.25) is 0 Å². The SMILES string of the molecule is CC(Oc1ccccc1Br)C(=O)Nc1ccc(O)cc1. The Bertz CT molecular complexity index is 598. The van der Waals surface area contributed by atoms with Crippen LogP contribution in [0, 0.1) is 0 Å². The highest BCUT2D eigenvalue weighted by atomic mass is 79.9. The molecule has 4 nitrogen and oxygen atoms in total. The molecule has 2 N–H and O–H groups in total. The lowest BCUT2D eigenvalue weighted by Gasteiger charge is -2.15. The van der Waals surface area contributed by atoms with Gasteiger partial charge in [-0.25, -0.2) is 0 Å². The van der Waals surface area contributed by atoms with E-state index in [0.29, 0.717) is 11.4 Å². The molecule has 0 aliphatic heterocycles. The summed E-state index contributed by atoms with van der Waals surface area (Å²) in [5.74, 6) is 0.507. The number of amides is 1. The van der Waals surface area contributed by atoms with Gasteiger partial charge in [0, 0.05) is 5.69 Å². The third-order valence-corrected chi connectivity index (χ3v) is 3.30. The average molecular weight is 336 g/mol. The molecular formula is C15H14BrNO3. The van der Waals surface area contributed by atoms with E-state index in [1.165, 1.54) is 12.1 Å². The Kier molecular flexibility index (Phi) is 4.63. The highest BCUT2D eigenvalue weighted by Gasteiger charge is 2.15. The van der Waals surface area contributed by atoms with Gasteiger partial charge in [0.1, 0.15) is 11.5 Å². The smallest absolute Gasteiger partial charge is 0.265 e. The molecule has 1 unspecified atom stereocenters. The number of nitrogens with one attached hydrogen (secondary N) is 1. The van der Waals surface area contributed by atoms with Crippen molar-refractivity contribution in [1.82, 2.24) is 0 Å². The minimum absolute atomic E-state index is 0.153. The first-order chi connectivity index (χ1) is 9.56. The fourth-order valence-electron chi connectivity index (χ4n) is 1.57. The van der Waals surface area contributed by atoms with Crippen LogP contribution in [0.25, 0.3) is 0 Å². The first-order valence-electron chi connectivity index (χ1n) is 6.07. The molecule has 2 rings (SSSR count). The summed E-state index contributed by atoms with van der Waals surface area (Å²) in [6, 6.07) is 13.6. The van der Waals surface area contributed by atoms with E-state index in [-0.39, 0.29) is 11.7 Å². The number of phenols is 1. The van der Waals surface area contributed by atoms with Crippen molar-refractivity contribution >= 4 is 27.5 Å². The Morgan fingerprint density at radius 1 is 1.20 bits per heavy atom. The summed E-state index contributed by atoms with van der Waals surface area (Å²) < 4.78 is 6.39. The number of rotatable bonds is 4. The van der Waals surface area contributed by atoms with Crippen molar-refractivity contribution in [3.05, 3.63) is 53.0 Å². The van der Waals surface area contributed by atoms with Gasteiger partial charge in [0.05, 0.1) is 4.47 Å². The molecule has 0 aliphatic rings. The molecule has 0 fully saturated rings. The molecule has 104 valence electrons. The van der Waals surface area contributed by atoms with Gasteiger partial charge < -0.3 is 15.2 Å². The van der Waals surface area contributed by atoms with Gasteiger partial charge in [0.25, 0.3) is 5.91 Å². The maximum Gasteiger partial charge on any atom is 0.265 e. The van der Waals surface area contributed by atoms with Gasteiger partial charge in [0.15, 0.2) is 6.10 Å². The normalized spacial score (nSPS) is 11.7. The van der Waals surface area contributed by atoms with Crippen LogP contribution in [0.5, 0.6) is 11.5 Å². The van der Waals surface area contributed by atoms with Gasteiger partial charge in [-0.2, -0.15) is 0 Å². The third-order valence-electron chi connectivity index (χ3n) is 2.64. The second-order valence-corrected chi connectivity index (χ2v) is 5.08. The summed E-state index contributed by atoms with van der Waals surface area (Å²) in [5.41, 5.74) is 0.607. The summed E-state index contributed by atoms with van der Waals surface area (Å²) >= 11 is 3.36. The molecule has 0 aromatic heterocycles. The number of phenolic OH excluding ortho intramolecular Hbond substituents is 1. The van der Waals surface area contributed by atoms with Crippen molar-refractivity contribution in [3.8, 4) is 11.5 Å². The van der Waals surface area contributed by atoms with E-state index in [9.17, 15) is 9.90 Å². The first-order valence-corrected chi connectivity index (χ1v) is 6.86. The number of carbonyl (C=O) groups excluding carboxylic acids is 1. The van der Waals surface area contributed by atoms with E-state index < -0.39 is 6.10 Å². The molecule has 0 saturated carbocycles. The van der Waals surface area contributed by atoms with Crippen LogP contribution in [-0.2, 0) is 4.79 Å². The molecule has 1 amide bonds. The van der Waals surface area contributed by atoms with Crippen molar-refractivity contribution in [3.63, 3.8) is 0 Å². The molecule has 5 heteroatoms. The van der Waals surface area contributed by atoms with Crippen LogP contribution in [0.3, 0.4) is 0 Å². The van der Waals surface area contributed by atoms with Gasteiger partial charge in [-0.1, -0.05) is 12.1 Å². The van der Waals surface area contributed by atoms with Gasteiger partial charge >= 0.3 is 0 Å². The number of hydrogen-bond acceptors (Lipinski definition) is 3. The fraction of sp³-hybridized carbons (Fsp3) is 0.133. The van der Waals surface area contributed by atoms with Crippen molar-refractivity contribution in [1.29, 1.82) is 0 Å². The van der Waals surface area contributed by atoms with Crippen LogP contribution in [0.4, 0.5) is 5.69 Å². The second kappa shape index (κ2) is 6.43. The Morgan fingerprint density at radius 3 is 2.50 bits per heavy atom. The molecule has 0 aliphatic carbocycles. The molecule has 0 heterocycles. The van der Waals surface area contributed by atoms with Crippen molar-refractivity contribution in [2.45, 2.75) is 13.0 Å². The van der Waals surface area contributed by atoms with E-state index in [1.54, 1.807) is 25.1 Å². The molecule has 2 aromatic carbocycles. The average Bonchev–Trinajstić information content (AvgIpc) is 2.44. The standard InChI is InChI=1S/C15H14BrNO3/c1-10(20-14-5-3-2-4-13(14)16)15(19)17-11-6-8-12(18)9-7-11/h2-10,18H,1H3,(H,17,19). The maximum absolute atomic E-state index is 12.0. The zero-order valence-electron chi connectivity index (χ0n) is 10.8. The van der Waals surface area contributed by atoms with Crippen LogP contribution in [0.15, 0.2) is 53.0 Å². The third kappa shape index (κ3) is 3.74. The summed E-state index contributed by atoms with van der Waals surface area (Å²) in [6.45, 7) is 1.68. The summed E-state index contributed by atoms with van der Waals surface area (Å²) in [6.07, 6.45) is -0.637. The fourth-order valence-corrected chi connectivity index (χ4v) is 1.95. The number of carbonyl (C=O) groups is 1. The zero-order chi connectivity index (χ0) is 14.5. The molecule has 2 aromatic rings. The highest BCUT2D eigenvalue weighted by Crippen LogP contribution is 2.25. The minimum atomic E-state index is -0.637. The summed E-state index contributed by atoms with van der Waals surface area (Å²) in [4.78, 5) is 12.0. The van der Waals surface area contributed by atoms with E-state index in [4.69, 9.17) is 4.74 Å². The maximum atomic E-state index is 12.0. The zero-order valence-corrected chi connectivity index (χ0v) is 12.4. The van der Waals surface area contributed by atoms with Gasteiger partial charge in [-0.15, -0.1) is 0 Å². The molecule has 20 heavy (non-hydrogen) atoms. The van der Waals surface area contributed by atoms with Crippen LogP contribution in [-0.4, -0.2) is 17.1 Å². The molecular weight excluding hydrogens is 322 g/mol. The predicted molar refractivity (Wildman–Crippen MR) is 81.0 cm³/mol. The number of hydrogen-bond donors (Lipinski definition) is 2. The lowest BCUT2D eigenvalue weighted by atomic mass is 10.3. The topological polar surface area (TPSA) is 58.6 Å². The number of para-hydroxylation sites is 1. The van der Waals surface area contributed by atoms with Crippen LogP contribution < -0.4 is 10.1 Å². The quantitative estimate of drug-likeness (QED) is 0.840. The molecule has 0 saturated heterocycles. The highest BCUT2D eigenvalue weighted by molar-refractivity contribution is 9.10. The van der Waals surface area contributed by atoms with Crippen LogP contribution in [0.1, 0.15) is 6.92 Å². The summed E-state index contributed by atoms with van der Waals surface area (Å²) in [5, 5.41) is 11.9. The van der Waals surface area contributed by atoms with E-state index in [1.807, 2.05) is 18.2 Å². The Balaban J connectivity index is 1.99. The number of halogens is 1. The van der Waals surface area contributed by atoms with Crippen molar-refractivity contribution in [2.75, 3.05) is 5.32 Å². The molecule has 1 atom stereocenters. The second-order valence-electron chi connectivity index (χ2n) is 4.23. The molecule has 0 spiro atoms. The minimum Gasteiger partial charge on any atom is -0.508 e. The lowest BCUT2D eigenvalue weighted by Crippen LogP contribution is -2.30. The number of anilines is 1. The largest absolute Gasteiger partial charge is 0.508 e. The van der Waals surface area contributed by atoms with Gasteiger partial charge in [-0.3, -0.25) is 4.79 Å². The number of aromatic hydroxyl groups is 1. The van der Waals surface area contributed by atoms with Crippen LogP contribution >= 0.6 is 15.9 Å². The van der Waals surface area contributed by atoms with Gasteiger partial charge in [0.2, 0.25) is 0 Å². The number of ether oxygens (including phenoxy) is 1. The molecule has 0 radical (unpaired) electrons. The Morgan fingerprint density at radius 2 is 1.85 bits per heavy atom. The predicted octanol–water partition coefficient (Wildman–Crippen LogP) is 3.56. The van der Waals surface area contributed by atoms with E-state index >= 15 is 0 Å². The van der Waals surface area contributed by atoms with Gasteiger partial charge in [-0.05, 0) is 59.3 Å².